The molecule has 0 bridgehead atoms. The summed E-state index contributed by atoms with van der Waals surface area (Å²) >= 11 is 0. The number of benzene rings is 8. The van der Waals surface area contributed by atoms with Gasteiger partial charge in [0.15, 0.2) is 17.5 Å². The van der Waals surface area contributed by atoms with E-state index in [4.69, 9.17) is 15.0 Å². The summed E-state index contributed by atoms with van der Waals surface area (Å²) in [7, 11) is -1.41. The molecule has 3 aromatic heterocycles. The highest BCUT2D eigenvalue weighted by molar-refractivity contribution is 6.88. The lowest BCUT2D eigenvalue weighted by Gasteiger charge is -2.17. The second-order valence-corrected chi connectivity index (χ2v) is 21.6. The minimum Gasteiger partial charge on any atom is -0.309 e. The van der Waals surface area contributed by atoms with Crippen molar-refractivity contribution in [2.45, 2.75) is 19.6 Å². The van der Waals surface area contributed by atoms with Crippen LogP contribution in [-0.2, 0) is 0 Å². The Labute approximate surface area is 349 Å². The Bertz CT molecular complexity index is 3340. The molecule has 0 fully saturated rings. The Morgan fingerprint density at radius 3 is 1.27 bits per heavy atom. The first kappa shape index (κ1) is 35.7. The summed E-state index contributed by atoms with van der Waals surface area (Å²) in [5.74, 6) is 1.93. The zero-order chi connectivity index (χ0) is 40.4. The molecular formula is C54H41N5Si. The molecule has 0 saturated heterocycles. The van der Waals surface area contributed by atoms with Crippen molar-refractivity contribution in [1.29, 1.82) is 0 Å². The third-order valence-electron chi connectivity index (χ3n) is 11.7. The summed E-state index contributed by atoms with van der Waals surface area (Å²) in [5, 5.41) is 6.39. The van der Waals surface area contributed by atoms with Crippen LogP contribution in [0.2, 0.25) is 19.6 Å². The molecule has 0 N–H and O–H groups in total. The summed E-state index contributed by atoms with van der Waals surface area (Å²) < 4.78 is 4.77. The van der Waals surface area contributed by atoms with E-state index in [2.05, 4.69) is 162 Å². The minimum absolute atomic E-state index is 0.632. The second-order valence-electron chi connectivity index (χ2n) is 16.6. The van der Waals surface area contributed by atoms with Crippen LogP contribution >= 0.6 is 0 Å². The van der Waals surface area contributed by atoms with E-state index < -0.39 is 8.07 Å². The van der Waals surface area contributed by atoms with Crippen molar-refractivity contribution in [3.8, 4) is 56.7 Å². The van der Waals surface area contributed by atoms with Crippen LogP contribution in [-0.4, -0.2) is 32.2 Å². The molecule has 0 unspecified atom stereocenters. The normalized spacial score (nSPS) is 11.9. The molecule has 8 aromatic carbocycles. The standard InChI is InChI=1S/C54H41N5Si/c1-60(2,3)43-29-27-41(28-30-43)58-48-23-12-10-21-44(48)46-34-38(25-31-50(46)58)39-26-32-51-47(35-39)45-22-11-13-24-49(45)59(51)42-20-14-19-40(33-42)54-56-52(36-15-6-4-7-16-36)55-53(57-54)37-17-8-5-9-18-37/h4-35H,1-3H3. The minimum atomic E-state index is -1.41. The van der Waals surface area contributed by atoms with E-state index in [-0.39, 0.29) is 0 Å². The van der Waals surface area contributed by atoms with Crippen molar-refractivity contribution in [3.63, 3.8) is 0 Å². The molecule has 0 spiro atoms. The molecule has 0 amide bonds. The average molecular weight is 788 g/mol. The molecule has 0 aliphatic rings. The van der Waals surface area contributed by atoms with Gasteiger partial charge in [-0.15, -0.1) is 0 Å². The van der Waals surface area contributed by atoms with Crippen LogP contribution in [0.15, 0.2) is 194 Å². The lowest BCUT2D eigenvalue weighted by atomic mass is 10.0. The number of para-hydroxylation sites is 2. The Morgan fingerprint density at radius 1 is 0.317 bits per heavy atom. The Hall–Kier alpha value is -7.41. The van der Waals surface area contributed by atoms with Gasteiger partial charge in [-0.2, -0.15) is 0 Å². The second kappa shape index (κ2) is 14.2. The first-order chi connectivity index (χ1) is 29.4. The van der Waals surface area contributed by atoms with E-state index in [1.165, 1.54) is 54.6 Å². The third-order valence-corrected chi connectivity index (χ3v) is 13.8. The summed E-state index contributed by atoms with van der Waals surface area (Å²) in [6, 6.07) is 69.4. The van der Waals surface area contributed by atoms with Crippen LogP contribution in [0.25, 0.3) is 100 Å². The molecule has 286 valence electrons. The SMILES string of the molecule is C[Si](C)(C)c1ccc(-n2c3ccccc3c3cc(-c4ccc5c(c4)c4ccccc4n5-c4cccc(-c5nc(-c6ccccc6)nc(-c6ccccc6)n5)c4)ccc32)cc1. The lowest BCUT2D eigenvalue weighted by molar-refractivity contribution is 1.07. The largest absolute Gasteiger partial charge is 0.309 e. The van der Waals surface area contributed by atoms with Gasteiger partial charge in [-0.3, -0.25) is 0 Å². The number of nitrogens with zero attached hydrogens (tertiary/aromatic N) is 5. The maximum atomic E-state index is 5.03. The molecule has 3 heterocycles. The Balaban J connectivity index is 1.02. The van der Waals surface area contributed by atoms with Gasteiger partial charge in [0, 0.05) is 49.6 Å². The molecule has 0 radical (unpaired) electrons. The number of fused-ring (bicyclic) bond motifs is 6. The smallest absolute Gasteiger partial charge is 0.164 e. The molecule has 60 heavy (non-hydrogen) atoms. The molecule has 0 atom stereocenters. The van der Waals surface area contributed by atoms with Gasteiger partial charge < -0.3 is 9.13 Å². The zero-order valence-corrected chi connectivity index (χ0v) is 34.7. The topological polar surface area (TPSA) is 48.5 Å². The molecule has 0 aliphatic carbocycles. The van der Waals surface area contributed by atoms with Crippen molar-refractivity contribution in [1.82, 2.24) is 24.1 Å². The molecule has 5 nitrogen and oxygen atoms in total. The quantitative estimate of drug-likeness (QED) is 0.151. The van der Waals surface area contributed by atoms with Crippen molar-refractivity contribution in [2.24, 2.45) is 0 Å². The summed E-state index contributed by atoms with van der Waals surface area (Å²) in [4.78, 5) is 15.0. The van der Waals surface area contributed by atoms with Crippen LogP contribution in [0.4, 0.5) is 0 Å². The van der Waals surface area contributed by atoms with Gasteiger partial charge in [0.25, 0.3) is 0 Å². The van der Waals surface area contributed by atoms with Gasteiger partial charge in [0.05, 0.1) is 30.1 Å². The van der Waals surface area contributed by atoms with Crippen molar-refractivity contribution >= 4 is 56.9 Å². The number of hydrogen-bond acceptors (Lipinski definition) is 3. The highest BCUT2D eigenvalue weighted by atomic mass is 28.3. The number of aromatic nitrogens is 5. The Morgan fingerprint density at radius 2 is 0.750 bits per heavy atom. The van der Waals surface area contributed by atoms with Gasteiger partial charge >= 0.3 is 0 Å². The predicted octanol–water partition coefficient (Wildman–Crippen LogP) is 13.3. The first-order valence-corrected chi connectivity index (χ1v) is 24.0. The van der Waals surface area contributed by atoms with Crippen LogP contribution in [0.1, 0.15) is 0 Å². The molecule has 0 aliphatic heterocycles. The first-order valence-electron chi connectivity index (χ1n) is 20.5. The van der Waals surface area contributed by atoms with Crippen LogP contribution in [0.5, 0.6) is 0 Å². The molecular weight excluding hydrogens is 747 g/mol. The van der Waals surface area contributed by atoms with Crippen LogP contribution < -0.4 is 5.19 Å². The van der Waals surface area contributed by atoms with E-state index >= 15 is 0 Å². The van der Waals surface area contributed by atoms with Crippen LogP contribution in [0, 0.1) is 0 Å². The number of rotatable bonds is 7. The number of hydrogen-bond donors (Lipinski definition) is 0. The van der Waals surface area contributed by atoms with Crippen LogP contribution in [0.3, 0.4) is 0 Å². The fourth-order valence-corrected chi connectivity index (χ4v) is 9.86. The predicted molar refractivity (Wildman–Crippen MR) is 253 cm³/mol. The third kappa shape index (κ3) is 6.12. The van der Waals surface area contributed by atoms with Gasteiger partial charge in [0.2, 0.25) is 0 Å². The van der Waals surface area contributed by atoms with Crippen molar-refractivity contribution in [2.75, 3.05) is 0 Å². The highest BCUT2D eigenvalue weighted by Crippen LogP contribution is 2.39. The van der Waals surface area contributed by atoms with E-state index in [0.29, 0.717) is 17.5 Å². The van der Waals surface area contributed by atoms with Gasteiger partial charge in [-0.1, -0.05) is 158 Å². The van der Waals surface area contributed by atoms with Gasteiger partial charge in [-0.25, -0.2) is 15.0 Å². The maximum absolute atomic E-state index is 5.03. The molecule has 0 saturated carbocycles. The van der Waals surface area contributed by atoms with E-state index in [0.717, 1.165) is 33.4 Å². The monoisotopic (exact) mass is 787 g/mol. The van der Waals surface area contributed by atoms with Crippen molar-refractivity contribution < 1.29 is 0 Å². The highest BCUT2D eigenvalue weighted by Gasteiger charge is 2.19. The van der Waals surface area contributed by atoms with E-state index in [1.807, 2.05) is 60.7 Å². The summed E-state index contributed by atoms with van der Waals surface area (Å²) in [6.07, 6.45) is 0. The fraction of sp³-hybridized carbons (Fsp3) is 0.0556. The lowest BCUT2D eigenvalue weighted by Crippen LogP contribution is -2.37. The summed E-state index contributed by atoms with van der Waals surface area (Å²) in [5.41, 5.74) is 12.1. The van der Waals surface area contributed by atoms with Gasteiger partial charge in [-0.05, 0) is 71.8 Å². The molecule has 11 aromatic rings. The van der Waals surface area contributed by atoms with Gasteiger partial charge in [0.1, 0.15) is 0 Å². The molecule has 11 rings (SSSR count). The molecule has 6 heteroatoms. The fourth-order valence-electron chi connectivity index (χ4n) is 8.69. The summed E-state index contributed by atoms with van der Waals surface area (Å²) in [6.45, 7) is 7.20. The van der Waals surface area contributed by atoms with Crippen molar-refractivity contribution in [3.05, 3.63) is 194 Å². The Kier molecular flexibility index (Phi) is 8.43. The average Bonchev–Trinajstić information content (AvgIpc) is 3.81. The zero-order valence-electron chi connectivity index (χ0n) is 33.7. The van der Waals surface area contributed by atoms with E-state index in [1.54, 1.807) is 0 Å². The van der Waals surface area contributed by atoms with E-state index in [9.17, 15) is 0 Å². The maximum Gasteiger partial charge on any atom is 0.164 e.